The van der Waals surface area contributed by atoms with Gasteiger partial charge in [0.05, 0.1) is 8.95 Å². The maximum absolute atomic E-state index is 6.09. The van der Waals surface area contributed by atoms with Crippen LogP contribution in [0.1, 0.15) is 11.1 Å². The van der Waals surface area contributed by atoms with E-state index in [0.717, 1.165) is 45.0 Å². The number of rotatable bonds is 2. The lowest BCUT2D eigenvalue weighted by Gasteiger charge is -2.17. The van der Waals surface area contributed by atoms with Crippen LogP contribution >= 0.6 is 79.6 Å². The number of ether oxygens (including phenoxy) is 1. The lowest BCUT2D eigenvalue weighted by Crippen LogP contribution is -1.95. The number of hydrogen-bond donors (Lipinski definition) is 0. The van der Waals surface area contributed by atoms with Crippen molar-refractivity contribution >= 4 is 79.6 Å². The zero-order valence-corrected chi connectivity index (χ0v) is 18.5. The Bertz CT molecular complexity index is 653. The molecule has 1 nitrogen and oxygen atoms in total. The number of hydrogen-bond acceptors (Lipinski definition) is 1. The van der Waals surface area contributed by atoms with E-state index in [4.69, 9.17) is 4.74 Å². The van der Waals surface area contributed by atoms with Crippen LogP contribution in [-0.2, 0) is 0 Å². The Hall–Kier alpha value is 0.640. The molecule has 0 N–H and O–H groups in total. The minimum absolute atomic E-state index is 0.761. The van der Waals surface area contributed by atoms with Gasteiger partial charge in [-0.15, -0.1) is 0 Å². The van der Waals surface area contributed by atoms with Crippen molar-refractivity contribution in [2.24, 2.45) is 0 Å². The van der Waals surface area contributed by atoms with Gasteiger partial charge in [-0.1, -0.05) is 6.07 Å². The van der Waals surface area contributed by atoms with Gasteiger partial charge in [0.15, 0.2) is 0 Å². The van der Waals surface area contributed by atoms with Crippen LogP contribution in [0.25, 0.3) is 0 Å². The maximum Gasteiger partial charge on any atom is 0.146 e. The van der Waals surface area contributed by atoms with E-state index < -0.39 is 0 Å². The third-order valence-electron chi connectivity index (χ3n) is 2.95. The van der Waals surface area contributed by atoms with E-state index in [9.17, 15) is 0 Å². The molecule has 0 aliphatic rings. The van der Waals surface area contributed by atoms with E-state index in [1.54, 1.807) is 0 Å². The second-order valence-electron chi connectivity index (χ2n) is 4.18. The molecule has 0 radical (unpaired) electrons. The van der Waals surface area contributed by atoms with Crippen molar-refractivity contribution in [2.45, 2.75) is 13.8 Å². The predicted octanol–water partition coefficient (Wildman–Crippen LogP) is 7.91. The van der Waals surface area contributed by atoms with Gasteiger partial charge in [-0.25, -0.2) is 0 Å². The van der Waals surface area contributed by atoms with E-state index in [1.807, 2.05) is 25.1 Å². The minimum Gasteiger partial charge on any atom is -0.455 e. The lowest BCUT2D eigenvalue weighted by molar-refractivity contribution is 0.471. The Labute approximate surface area is 160 Å². The summed E-state index contributed by atoms with van der Waals surface area (Å²) in [5.41, 5.74) is 2.22. The van der Waals surface area contributed by atoms with E-state index in [1.165, 1.54) is 0 Å². The summed E-state index contributed by atoms with van der Waals surface area (Å²) in [5.74, 6) is 1.56. The van der Waals surface area contributed by atoms with Gasteiger partial charge in [0.2, 0.25) is 0 Å². The molecule has 0 spiro atoms. The summed E-state index contributed by atoms with van der Waals surface area (Å²) in [5, 5.41) is 0. The Morgan fingerprint density at radius 2 is 1.40 bits per heavy atom. The quantitative estimate of drug-likeness (QED) is 0.322. The van der Waals surface area contributed by atoms with Crippen molar-refractivity contribution in [1.82, 2.24) is 0 Å². The van der Waals surface area contributed by atoms with Gasteiger partial charge < -0.3 is 4.74 Å². The summed E-state index contributed by atoms with van der Waals surface area (Å²) in [6.07, 6.45) is 0. The van der Waals surface area contributed by atoms with Gasteiger partial charge in [0.25, 0.3) is 0 Å². The summed E-state index contributed by atoms with van der Waals surface area (Å²) in [7, 11) is 0. The fourth-order valence-corrected chi connectivity index (χ4v) is 4.16. The molecule has 0 aromatic heterocycles. The molecule has 6 heteroatoms. The SMILES string of the molecule is Cc1c(C)c(Oc2cccc(Br)c2Br)c(Br)c(Br)c1Br. The summed E-state index contributed by atoms with van der Waals surface area (Å²) >= 11 is 17.7. The molecular formula is C14H9Br5O. The standard InChI is InChI=1S/C14H9Br5O/c1-6-7(2)14(13(19)12(18)10(6)16)20-9-5-3-4-8(15)11(9)17/h3-5H,1-2H3. The second kappa shape index (κ2) is 6.82. The first-order valence-corrected chi connectivity index (χ1v) is 9.56. The molecule has 0 bridgehead atoms. The van der Waals surface area contributed by atoms with Gasteiger partial charge in [0.1, 0.15) is 11.5 Å². The van der Waals surface area contributed by atoms with Gasteiger partial charge in [0, 0.05) is 13.4 Å². The summed E-state index contributed by atoms with van der Waals surface area (Å²) < 4.78 is 10.8. The molecule has 0 amide bonds. The first-order chi connectivity index (χ1) is 9.34. The van der Waals surface area contributed by atoms with Crippen LogP contribution in [0.15, 0.2) is 40.6 Å². The lowest BCUT2D eigenvalue weighted by atomic mass is 10.1. The van der Waals surface area contributed by atoms with E-state index in [-0.39, 0.29) is 0 Å². The highest BCUT2D eigenvalue weighted by molar-refractivity contribution is 9.14. The Morgan fingerprint density at radius 1 is 0.750 bits per heavy atom. The highest BCUT2D eigenvalue weighted by Crippen LogP contribution is 2.46. The fourth-order valence-electron chi connectivity index (χ4n) is 1.65. The van der Waals surface area contributed by atoms with Crippen molar-refractivity contribution < 1.29 is 4.74 Å². The van der Waals surface area contributed by atoms with Crippen LogP contribution in [0, 0.1) is 13.8 Å². The monoisotopic (exact) mass is 588 g/mol. The average Bonchev–Trinajstić information content (AvgIpc) is 2.43. The van der Waals surface area contributed by atoms with Crippen LogP contribution in [0.5, 0.6) is 11.5 Å². The summed E-state index contributed by atoms with van der Waals surface area (Å²) in [6, 6.07) is 5.82. The predicted molar refractivity (Wildman–Crippen MR) is 101 cm³/mol. The van der Waals surface area contributed by atoms with Crippen molar-refractivity contribution in [3.8, 4) is 11.5 Å². The van der Waals surface area contributed by atoms with Crippen molar-refractivity contribution in [3.63, 3.8) is 0 Å². The smallest absolute Gasteiger partial charge is 0.146 e. The number of halogens is 5. The van der Waals surface area contributed by atoms with Gasteiger partial charge in [-0.05, 0) is 117 Å². The second-order valence-corrected chi connectivity index (χ2v) is 8.20. The molecular weight excluding hydrogens is 584 g/mol. The average molecular weight is 593 g/mol. The third kappa shape index (κ3) is 3.19. The minimum atomic E-state index is 0.761. The molecule has 2 aromatic rings. The molecule has 106 valence electrons. The first kappa shape index (κ1) is 17.0. The van der Waals surface area contributed by atoms with Crippen LogP contribution in [0.4, 0.5) is 0 Å². The molecule has 0 unspecified atom stereocenters. The van der Waals surface area contributed by atoms with Gasteiger partial charge >= 0.3 is 0 Å². The molecule has 0 saturated carbocycles. The van der Waals surface area contributed by atoms with Crippen LogP contribution in [0.3, 0.4) is 0 Å². The van der Waals surface area contributed by atoms with E-state index in [2.05, 4.69) is 86.6 Å². The summed E-state index contributed by atoms with van der Waals surface area (Å²) in [4.78, 5) is 0. The normalized spacial score (nSPS) is 10.8. The number of benzene rings is 2. The molecule has 0 aliphatic carbocycles. The molecule has 2 aromatic carbocycles. The van der Waals surface area contributed by atoms with Crippen LogP contribution in [0.2, 0.25) is 0 Å². The molecule has 0 saturated heterocycles. The highest BCUT2D eigenvalue weighted by Gasteiger charge is 2.18. The fraction of sp³-hybridized carbons (Fsp3) is 0.143. The Kier molecular flexibility index (Phi) is 5.79. The van der Waals surface area contributed by atoms with Crippen molar-refractivity contribution in [3.05, 3.63) is 51.7 Å². The molecule has 0 atom stereocenters. The first-order valence-electron chi connectivity index (χ1n) is 5.60. The maximum atomic E-state index is 6.09. The molecule has 0 aliphatic heterocycles. The molecule has 0 fully saturated rings. The Balaban J connectivity index is 2.57. The van der Waals surface area contributed by atoms with Gasteiger partial charge in [-0.3, -0.25) is 0 Å². The summed E-state index contributed by atoms with van der Waals surface area (Å²) in [6.45, 7) is 4.10. The zero-order valence-electron chi connectivity index (χ0n) is 10.5. The van der Waals surface area contributed by atoms with Crippen LogP contribution < -0.4 is 4.74 Å². The highest BCUT2D eigenvalue weighted by atomic mass is 79.9. The molecule has 0 heterocycles. The molecule has 20 heavy (non-hydrogen) atoms. The van der Waals surface area contributed by atoms with E-state index >= 15 is 0 Å². The van der Waals surface area contributed by atoms with Crippen molar-refractivity contribution in [2.75, 3.05) is 0 Å². The third-order valence-corrected chi connectivity index (χ3v) is 8.56. The topological polar surface area (TPSA) is 9.23 Å². The van der Waals surface area contributed by atoms with Gasteiger partial charge in [-0.2, -0.15) is 0 Å². The van der Waals surface area contributed by atoms with Crippen LogP contribution in [-0.4, -0.2) is 0 Å². The van der Waals surface area contributed by atoms with Crippen molar-refractivity contribution in [1.29, 1.82) is 0 Å². The molecule has 2 rings (SSSR count). The Morgan fingerprint density at radius 3 is 2.05 bits per heavy atom. The zero-order chi connectivity index (χ0) is 15.0. The largest absolute Gasteiger partial charge is 0.455 e. The van der Waals surface area contributed by atoms with E-state index in [0.29, 0.717) is 0 Å².